The fourth-order valence-corrected chi connectivity index (χ4v) is 4.79. The summed E-state index contributed by atoms with van der Waals surface area (Å²) < 4.78 is 42.5. The lowest BCUT2D eigenvalue weighted by molar-refractivity contribution is 0.102. The first-order chi connectivity index (χ1) is 14.7. The van der Waals surface area contributed by atoms with E-state index in [4.69, 9.17) is 0 Å². The summed E-state index contributed by atoms with van der Waals surface area (Å²) in [6.45, 7) is 7.84. The molecule has 7 nitrogen and oxygen atoms in total. The lowest BCUT2D eigenvalue weighted by Crippen LogP contribution is -2.30. The first-order valence-corrected chi connectivity index (χ1v) is 11.4. The van der Waals surface area contributed by atoms with E-state index in [0.717, 1.165) is 11.1 Å². The number of sulfonamides is 1. The molecule has 0 aliphatic heterocycles. The molecular weight excluding hydrogens is 419 g/mol. The Labute approximate surface area is 181 Å². The van der Waals surface area contributed by atoms with Gasteiger partial charge in [-0.3, -0.25) is 4.79 Å². The number of benzene rings is 2. The predicted molar refractivity (Wildman–Crippen MR) is 117 cm³/mol. The third kappa shape index (κ3) is 4.52. The summed E-state index contributed by atoms with van der Waals surface area (Å²) in [7, 11) is -3.68. The number of aryl methyl sites for hydroxylation is 1. The second kappa shape index (κ2) is 8.99. The molecule has 0 fully saturated rings. The highest BCUT2D eigenvalue weighted by atomic mass is 32.2. The van der Waals surface area contributed by atoms with Gasteiger partial charge < -0.3 is 5.32 Å². The number of carbonyl (C=O) groups is 1. The van der Waals surface area contributed by atoms with Gasteiger partial charge in [-0.1, -0.05) is 26.0 Å². The van der Waals surface area contributed by atoms with Gasteiger partial charge in [-0.2, -0.15) is 9.40 Å². The Morgan fingerprint density at radius 2 is 1.81 bits per heavy atom. The van der Waals surface area contributed by atoms with Gasteiger partial charge in [0.15, 0.2) is 5.69 Å². The highest BCUT2D eigenvalue weighted by Gasteiger charge is 2.24. The molecule has 0 saturated heterocycles. The Balaban J connectivity index is 1.92. The number of halogens is 1. The third-order valence-corrected chi connectivity index (χ3v) is 7.18. The fourth-order valence-electron chi connectivity index (χ4n) is 3.22. The number of carbonyl (C=O) groups excluding carboxylic acids is 1. The van der Waals surface area contributed by atoms with Crippen LogP contribution in [-0.4, -0.2) is 41.5 Å². The number of hydrogen-bond acceptors (Lipinski definition) is 4. The molecule has 0 radical (unpaired) electrons. The third-order valence-electron chi connectivity index (χ3n) is 5.15. The quantitative estimate of drug-likeness (QED) is 0.599. The Morgan fingerprint density at radius 1 is 1.13 bits per heavy atom. The van der Waals surface area contributed by atoms with Gasteiger partial charge in [0.25, 0.3) is 5.91 Å². The average molecular weight is 445 g/mol. The van der Waals surface area contributed by atoms with Crippen molar-refractivity contribution in [3.63, 3.8) is 0 Å². The number of anilines is 1. The number of rotatable bonds is 7. The van der Waals surface area contributed by atoms with Crippen molar-refractivity contribution in [3.8, 4) is 5.69 Å². The monoisotopic (exact) mass is 444 g/mol. The molecule has 0 saturated carbocycles. The molecule has 2 aromatic carbocycles. The standard InChI is InChI=1S/C22H25FN4O3S/c1-5-26(6-2)31(29,30)17-13-15(3)16(4)20(14-17)24-22(28)19-11-12-27(25-19)21-10-8-7-9-18(21)23/h7-14H,5-6H2,1-4H3,(H,24,28). The van der Waals surface area contributed by atoms with Crippen molar-refractivity contribution in [2.75, 3.05) is 18.4 Å². The molecule has 31 heavy (non-hydrogen) atoms. The van der Waals surface area contributed by atoms with Crippen molar-refractivity contribution in [1.29, 1.82) is 0 Å². The van der Waals surface area contributed by atoms with Crippen LogP contribution in [0.3, 0.4) is 0 Å². The zero-order valence-corrected chi connectivity index (χ0v) is 18.7. The van der Waals surface area contributed by atoms with Gasteiger partial charge >= 0.3 is 0 Å². The number of nitrogens with zero attached hydrogens (tertiary/aromatic N) is 3. The summed E-state index contributed by atoms with van der Waals surface area (Å²) in [6.07, 6.45) is 1.49. The lowest BCUT2D eigenvalue weighted by atomic mass is 10.1. The Morgan fingerprint density at radius 3 is 2.45 bits per heavy atom. The molecule has 0 atom stereocenters. The highest BCUT2D eigenvalue weighted by Crippen LogP contribution is 2.26. The largest absolute Gasteiger partial charge is 0.320 e. The summed E-state index contributed by atoms with van der Waals surface area (Å²) in [4.78, 5) is 12.9. The van der Waals surface area contributed by atoms with E-state index < -0.39 is 21.7 Å². The molecular formula is C22H25FN4O3S. The van der Waals surface area contributed by atoms with Gasteiger partial charge in [0, 0.05) is 25.0 Å². The smallest absolute Gasteiger partial charge is 0.276 e. The van der Waals surface area contributed by atoms with E-state index in [0.29, 0.717) is 18.8 Å². The van der Waals surface area contributed by atoms with E-state index in [1.165, 1.54) is 33.4 Å². The maximum absolute atomic E-state index is 14.0. The van der Waals surface area contributed by atoms with Crippen LogP contribution in [0.5, 0.6) is 0 Å². The van der Waals surface area contributed by atoms with Crippen LogP contribution in [-0.2, 0) is 10.0 Å². The first kappa shape index (κ1) is 22.6. The predicted octanol–water partition coefficient (Wildman–Crippen LogP) is 3.91. The van der Waals surface area contributed by atoms with E-state index in [1.807, 2.05) is 0 Å². The summed E-state index contributed by atoms with van der Waals surface area (Å²) in [5.41, 5.74) is 2.18. The van der Waals surface area contributed by atoms with E-state index >= 15 is 0 Å². The van der Waals surface area contributed by atoms with Crippen molar-refractivity contribution in [1.82, 2.24) is 14.1 Å². The SMILES string of the molecule is CCN(CC)S(=O)(=O)c1cc(C)c(C)c(NC(=O)c2ccn(-c3ccccc3F)n2)c1. The van der Waals surface area contributed by atoms with Crippen LogP contribution < -0.4 is 5.32 Å². The zero-order valence-electron chi connectivity index (χ0n) is 17.9. The summed E-state index contributed by atoms with van der Waals surface area (Å²) >= 11 is 0. The minimum Gasteiger partial charge on any atom is -0.320 e. The number of hydrogen-bond donors (Lipinski definition) is 1. The zero-order chi connectivity index (χ0) is 22.8. The van der Waals surface area contributed by atoms with Crippen LogP contribution in [0.15, 0.2) is 53.6 Å². The summed E-state index contributed by atoms with van der Waals surface area (Å²) in [5.74, 6) is -0.978. The number of aromatic nitrogens is 2. The van der Waals surface area contributed by atoms with Gasteiger partial charge in [-0.15, -0.1) is 0 Å². The molecule has 0 bridgehead atoms. The lowest BCUT2D eigenvalue weighted by Gasteiger charge is -2.20. The van der Waals surface area contributed by atoms with E-state index in [1.54, 1.807) is 52.0 Å². The molecule has 0 spiro atoms. The Kier molecular flexibility index (Phi) is 6.56. The maximum atomic E-state index is 14.0. The molecule has 1 amide bonds. The minimum absolute atomic E-state index is 0.0808. The fraction of sp³-hybridized carbons (Fsp3) is 0.273. The maximum Gasteiger partial charge on any atom is 0.276 e. The second-order valence-electron chi connectivity index (χ2n) is 7.05. The van der Waals surface area contributed by atoms with E-state index in [9.17, 15) is 17.6 Å². The van der Waals surface area contributed by atoms with Crippen LogP contribution in [0.25, 0.3) is 5.69 Å². The van der Waals surface area contributed by atoms with Crippen molar-refractivity contribution in [2.24, 2.45) is 0 Å². The molecule has 164 valence electrons. The average Bonchev–Trinajstić information content (AvgIpc) is 3.22. The summed E-state index contributed by atoms with van der Waals surface area (Å²) in [5, 5.41) is 6.90. The van der Waals surface area contributed by atoms with Crippen molar-refractivity contribution >= 4 is 21.6 Å². The molecule has 3 aromatic rings. The van der Waals surface area contributed by atoms with Gasteiger partial charge in [0.2, 0.25) is 10.0 Å². The van der Waals surface area contributed by atoms with Gasteiger partial charge in [-0.05, 0) is 55.3 Å². The van der Waals surface area contributed by atoms with Gasteiger partial charge in [0.05, 0.1) is 4.90 Å². The van der Waals surface area contributed by atoms with Crippen LogP contribution in [0.4, 0.5) is 10.1 Å². The van der Waals surface area contributed by atoms with E-state index in [2.05, 4.69) is 10.4 Å². The normalized spacial score (nSPS) is 11.7. The molecule has 0 aliphatic carbocycles. The molecule has 1 aromatic heterocycles. The number of nitrogens with one attached hydrogen (secondary N) is 1. The Hall–Kier alpha value is -3.04. The minimum atomic E-state index is -3.68. The molecule has 3 rings (SSSR count). The van der Waals surface area contributed by atoms with Crippen LogP contribution >= 0.6 is 0 Å². The van der Waals surface area contributed by atoms with Crippen molar-refractivity contribution < 1.29 is 17.6 Å². The summed E-state index contributed by atoms with van der Waals surface area (Å²) in [6, 6.07) is 10.6. The first-order valence-electron chi connectivity index (χ1n) is 9.92. The van der Waals surface area contributed by atoms with Crippen LogP contribution in [0.2, 0.25) is 0 Å². The van der Waals surface area contributed by atoms with E-state index in [-0.39, 0.29) is 16.3 Å². The van der Waals surface area contributed by atoms with Crippen LogP contribution in [0, 0.1) is 19.7 Å². The molecule has 1 N–H and O–H groups in total. The topological polar surface area (TPSA) is 84.3 Å². The second-order valence-corrected chi connectivity index (χ2v) is 8.99. The Bertz CT molecular complexity index is 1220. The molecule has 1 heterocycles. The number of amides is 1. The number of para-hydroxylation sites is 1. The highest BCUT2D eigenvalue weighted by molar-refractivity contribution is 7.89. The van der Waals surface area contributed by atoms with Crippen LogP contribution in [0.1, 0.15) is 35.5 Å². The molecule has 9 heteroatoms. The molecule has 0 aliphatic rings. The van der Waals surface area contributed by atoms with Crippen molar-refractivity contribution in [3.05, 3.63) is 71.3 Å². The van der Waals surface area contributed by atoms with Crippen molar-refractivity contribution in [2.45, 2.75) is 32.6 Å². The van der Waals surface area contributed by atoms with Gasteiger partial charge in [-0.25, -0.2) is 17.5 Å². The van der Waals surface area contributed by atoms with Gasteiger partial charge in [0.1, 0.15) is 11.5 Å². The molecule has 0 unspecified atom stereocenters.